The lowest BCUT2D eigenvalue weighted by Crippen LogP contribution is -2.61. The quantitative estimate of drug-likeness (QED) is 0.821. The topological polar surface area (TPSA) is 84.8 Å². The maximum Gasteiger partial charge on any atom is 0.363 e. The van der Waals surface area contributed by atoms with Gasteiger partial charge in [0.1, 0.15) is 6.10 Å². The number of piperidine rings is 1. The van der Waals surface area contributed by atoms with Gasteiger partial charge in [-0.2, -0.15) is 9.44 Å². The number of hydrogen-bond donors (Lipinski definition) is 1. The molecular weight excluding hydrogens is 342 g/mol. The van der Waals surface area contributed by atoms with E-state index in [9.17, 15) is 10.0 Å². The molecule has 1 fully saturated rings. The van der Waals surface area contributed by atoms with Gasteiger partial charge in [0.25, 0.3) is 5.88 Å². The molecule has 23 heavy (non-hydrogen) atoms. The summed E-state index contributed by atoms with van der Waals surface area (Å²) in [4.78, 5) is 11.8. The van der Waals surface area contributed by atoms with E-state index in [1.54, 1.807) is 6.92 Å². The van der Waals surface area contributed by atoms with E-state index in [4.69, 9.17) is 9.47 Å². The molecule has 0 radical (unpaired) electrons. The molecule has 1 aromatic heterocycles. The highest BCUT2D eigenvalue weighted by Gasteiger charge is 2.46. The summed E-state index contributed by atoms with van der Waals surface area (Å²) < 4.78 is 18.9. The van der Waals surface area contributed by atoms with Crippen LogP contribution in [0, 0.1) is 0 Å². The first-order valence-corrected chi connectivity index (χ1v) is 8.06. The Bertz CT molecular complexity index is 532. The monoisotopic (exact) mass is 365 g/mol. The molecule has 0 bridgehead atoms. The molecule has 0 saturated carbocycles. The molecule has 1 aromatic rings. The minimum absolute atomic E-state index is 0. The van der Waals surface area contributed by atoms with Crippen molar-refractivity contribution in [3.63, 3.8) is 0 Å². The lowest BCUT2D eigenvalue weighted by Gasteiger charge is -2.50. The van der Waals surface area contributed by atoms with Crippen molar-refractivity contribution in [3.05, 3.63) is 5.69 Å². The Balaban J connectivity index is 0.00000264. The maximum absolute atomic E-state index is 11.8. The second kappa shape index (κ2) is 7.29. The predicted octanol–water partition coefficient (Wildman–Crippen LogP) is 2.93. The number of rotatable bonds is 4. The number of esters is 1. The van der Waals surface area contributed by atoms with E-state index >= 15 is 0 Å². The fraction of sp³-hybridized carbons (Fsp3) is 0.786. The highest BCUT2D eigenvalue weighted by Crippen LogP contribution is 2.38. The summed E-state index contributed by atoms with van der Waals surface area (Å²) in [6, 6.07) is 0. The summed E-state index contributed by atoms with van der Waals surface area (Å²) in [7, 11) is 0. The van der Waals surface area contributed by atoms with Crippen molar-refractivity contribution >= 4 is 30.1 Å². The third kappa shape index (κ3) is 4.32. The molecule has 1 saturated heterocycles. The average molecular weight is 366 g/mol. The van der Waals surface area contributed by atoms with Gasteiger partial charge in [-0.3, -0.25) is 0 Å². The normalized spacial score (nSPS) is 20.6. The highest BCUT2D eigenvalue weighted by atomic mass is 35.5. The summed E-state index contributed by atoms with van der Waals surface area (Å²) >= 11 is 0.924. The molecular formula is C14H24ClN3O4S. The van der Waals surface area contributed by atoms with Gasteiger partial charge in [-0.25, -0.2) is 4.79 Å². The minimum atomic E-state index is -0.524. The Morgan fingerprint density at radius 1 is 1.30 bits per heavy atom. The Hall–Kier alpha value is -0.960. The first-order chi connectivity index (χ1) is 10.2. The molecule has 1 aliphatic heterocycles. The molecule has 0 aliphatic carbocycles. The van der Waals surface area contributed by atoms with Crippen molar-refractivity contribution < 1.29 is 19.5 Å². The second-order valence-corrected chi connectivity index (χ2v) is 7.25. The van der Waals surface area contributed by atoms with Crippen LogP contribution in [0.5, 0.6) is 5.88 Å². The predicted molar refractivity (Wildman–Crippen MR) is 88.5 cm³/mol. The van der Waals surface area contributed by atoms with Gasteiger partial charge in [0.05, 0.1) is 18.3 Å². The van der Waals surface area contributed by atoms with E-state index in [1.165, 1.54) is 5.06 Å². The van der Waals surface area contributed by atoms with Crippen molar-refractivity contribution in [2.45, 2.75) is 64.6 Å². The van der Waals surface area contributed by atoms with Crippen LogP contribution in [0.3, 0.4) is 0 Å². The summed E-state index contributed by atoms with van der Waals surface area (Å²) in [6.45, 7) is 9.83. The molecule has 7 nitrogen and oxygen atoms in total. The number of nitrogens with zero attached hydrogens (tertiary/aromatic N) is 3. The van der Waals surface area contributed by atoms with Gasteiger partial charge >= 0.3 is 5.97 Å². The van der Waals surface area contributed by atoms with Crippen molar-refractivity contribution in [2.75, 3.05) is 6.61 Å². The Kier molecular flexibility index (Phi) is 6.37. The van der Waals surface area contributed by atoms with Crippen molar-refractivity contribution in [3.8, 4) is 5.88 Å². The van der Waals surface area contributed by atoms with Crippen LogP contribution in [-0.4, -0.2) is 48.8 Å². The van der Waals surface area contributed by atoms with Crippen LogP contribution in [0.4, 0.5) is 0 Å². The number of carbonyl (C=O) groups is 1. The zero-order valence-electron chi connectivity index (χ0n) is 14.0. The number of hydrogen-bond acceptors (Lipinski definition) is 8. The second-order valence-electron chi connectivity index (χ2n) is 6.72. The van der Waals surface area contributed by atoms with Crippen LogP contribution in [0.1, 0.15) is 57.9 Å². The zero-order valence-corrected chi connectivity index (χ0v) is 15.7. The van der Waals surface area contributed by atoms with Crippen LogP contribution in [0.15, 0.2) is 0 Å². The minimum Gasteiger partial charge on any atom is -0.472 e. The lowest BCUT2D eigenvalue weighted by molar-refractivity contribution is -0.255. The van der Waals surface area contributed by atoms with Crippen molar-refractivity contribution in [1.29, 1.82) is 0 Å². The third-order valence-corrected chi connectivity index (χ3v) is 4.32. The molecule has 1 N–H and O–H groups in total. The fourth-order valence-corrected chi connectivity index (χ4v) is 3.48. The average Bonchev–Trinajstić information content (AvgIpc) is 2.83. The van der Waals surface area contributed by atoms with Gasteiger partial charge in [-0.15, -0.1) is 16.8 Å². The summed E-state index contributed by atoms with van der Waals surface area (Å²) in [5, 5.41) is 11.7. The maximum atomic E-state index is 11.8. The zero-order chi connectivity index (χ0) is 16.5. The Morgan fingerprint density at radius 3 is 2.39 bits per heavy atom. The number of halogens is 1. The van der Waals surface area contributed by atoms with E-state index in [0.29, 0.717) is 12.8 Å². The molecule has 0 spiro atoms. The van der Waals surface area contributed by atoms with Crippen molar-refractivity contribution in [2.24, 2.45) is 0 Å². The van der Waals surface area contributed by atoms with Gasteiger partial charge in [0.2, 0.25) is 5.69 Å². The summed E-state index contributed by atoms with van der Waals surface area (Å²) in [5.41, 5.74) is -0.742. The highest BCUT2D eigenvalue weighted by molar-refractivity contribution is 6.99. The number of ether oxygens (including phenoxy) is 2. The summed E-state index contributed by atoms with van der Waals surface area (Å²) in [6.07, 6.45) is 1.07. The van der Waals surface area contributed by atoms with Crippen LogP contribution in [0.2, 0.25) is 0 Å². The smallest absolute Gasteiger partial charge is 0.363 e. The molecule has 0 aromatic carbocycles. The van der Waals surface area contributed by atoms with E-state index in [-0.39, 0.29) is 36.7 Å². The largest absolute Gasteiger partial charge is 0.472 e. The first-order valence-electron chi connectivity index (χ1n) is 7.33. The molecule has 0 amide bonds. The van der Waals surface area contributed by atoms with E-state index in [2.05, 4.69) is 8.75 Å². The Morgan fingerprint density at radius 2 is 1.87 bits per heavy atom. The molecule has 0 atom stereocenters. The van der Waals surface area contributed by atoms with Crippen LogP contribution in [-0.2, 0) is 4.74 Å². The van der Waals surface area contributed by atoms with E-state index in [0.717, 1.165) is 11.7 Å². The fourth-order valence-electron chi connectivity index (χ4n) is 3.00. The molecule has 0 unspecified atom stereocenters. The van der Waals surface area contributed by atoms with Gasteiger partial charge in [-0.05, 0) is 34.6 Å². The molecule has 132 valence electrons. The Labute approximate surface area is 146 Å². The third-order valence-electron chi connectivity index (χ3n) is 3.81. The van der Waals surface area contributed by atoms with Crippen LogP contribution in [0.25, 0.3) is 0 Å². The molecule has 2 rings (SSSR count). The van der Waals surface area contributed by atoms with Gasteiger partial charge in [-0.1, -0.05) is 0 Å². The molecule has 9 heteroatoms. The molecule has 1 aliphatic rings. The van der Waals surface area contributed by atoms with E-state index < -0.39 is 17.0 Å². The van der Waals surface area contributed by atoms with Crippen LogP contribution >= 0.6 is 24.1 Å². The standard InChI is InChI=1S/C14H23N3O4S.ClH/c1-6-20-12(18)10-11(16-22-15-10)21-9-7-13(2,3)17(19)14(4,5)8-9;/h9,19H,6-8H2,1-5H3;1H. The number of aromatic nitrogens is 2. The van der Waals surface area contributed by atoms with Gasteiger partial charge in [0, 0.05) is 23.9 Å². The summed E-state index contributed by atoms with van der Waals surface area (Å²) in [5.74, 6) is -0.309. The number of hydroxylamine groups is 2. The SMILES string of the molecule is CCOC(=O)c1nsnc1OC1CC(C)(C)N(O)C(C)(C)C1.Cl. The number of carbonyl (C=O) groups excluding carboxylic acids is 1. The lowest BCUT2D eigenvalue weighted by atomic mass is 9.80. The van der Waals surface area contributed by atoms with Crippen LogP contribution < -0.4 is 4.74 Å². The molecule has 2 heterocycles. The first kappa shape index (κ1) is 20.1. The van der Waals surface area contributed by atoms with Gasteiger partial charge in [0.15, 0.2) is 0 Å². The van der Waals surface area contributed by atoms with Gasteiger partial charge < -0.3 is 14.7 Å². The van der Waals surface area contributed by atoms with E-state index in [1.807, 2.05) is 27.7 Å². The van der Waals surface area contributed by atoms with Crippen molar-refractivity contribution in [1.82, 2.24) is 13.8 Å².